The molecule has 0 bridgehead atoms. The van der Waals surface area contributed by atoms with Crippen LogP contribution in [0.3, 0.4) is 0 Å². The molecule has 0 saturated carbocycles. The zero-order chi connectivity index (χ0) is 15.6. The lowest BCUT2D eigenvalue weighted by molar-refractivity contribution is -0.120. The van der Waals surface area contributed by atoms with Gasteiger partial charge in [0.1, 0.15) is 11.6 Å². The monoisotopic (exact) mass is 298 g/mol. The van der Waals surface area contributed by atoms with Gasteiger partial charge in [0.05, 0.1) is 24.3 Å². The highest BCUT2D eigenvalue weighted by Gasteiger charge is 2.30. The van der Waals surface area contributed by atoms with Crippen LogP contribution < -0.4 is 10.6 Å². The Balaban J connectivity index is 2.23. The number of halogens is 2. The van der Waals surface area contributed by atoms with Crippen molar-refractivity contribution in [3.63, 3.8) is 0 Å². The Labute approximate surface area is 120 Å². The number of carbonyl (C=O) groups is 2. The topological polar surface area (TPSA) is 67.4 Å². The molecule has 0 radical (unpaired) electrons. The van der Waals surface area contributed by atoms with Crippen LogP contribution in [0.2, 0.25) is 0 Å². The Hall–Kier alpha value is -2.02. The van der Waals surface area contributed by atoms with Crippen LogP contribution in [0.5, 0.6) is 0 Å². The third-order valence-electron chi connectivity index (χ3n) is 3.57. The smallest absolute Gasteiger partial charge is 0.340 e. The number of benzene rings is 1. The minimum Gasteiger partial charge on any atom is -0.465 e. The summed E-state index contributed by atoms with van der Waals surface area (Å²) in [5.74, 6) is -3.45. The van der Waals surface area contributed by atoms with E-state index in [2.05, 4.69) is 15.4 Å². The molecule has 7 heteroatoms. The predicted octanol–water partition coefficient (Wildman–Crippen LogP) is 1.55. The van der Waals surface area contributed by atoms with Gasteiger partial charge >= 0.3 is 5.97 Å². The third kappa shape index (κ3) is 3.18. The fourth-order valence-corrected chi connectivity index (χ4v) is 2.30. The number of esters is 1. The van der Waals surface area contributed by atoms with Crippen LogP contribution in [0.15, 0.2) is 12.1 Å². The van der Waals surface area contributed by atoms with Gasteiger partial charge in [-0.05, 0) is 18.5 Å². The lowest BCUT2D eigenvalue weighted by Crippen LogP contribution is -2.28. The van der Waals surface area contributed by atoms with Crippen LogP contribution in [0.25, 0.3) is 0 Å². The van der Waals surface area contributed by atoms with Gasteiger partial charge in [-0.2, -0.15) is 0 Å². The van der Waals surface area contributed by atoms with Crippen molar-refractivity contribution in [3.8, 4) is 0 Å². The molecule has 2 rings (SSSR count). The second kappa shape index (κ2) is 6.17. The van der Waals surface area contributed by atoms with E-state index in [1.54, 1.807) is 0 Å². The van der Waals surface area contributed by atoms with Gasteiger partial charge in [0, 0.05) is 12.6 Å². The number of hydrogen-bond donors (Lipinski definition) is 2. The summed E-state index contributed by atoms with van der Waals surface area (Å²) < 4.78 is 31.6. The molecule has 1 fully saturated rings. The first-order valence-electron chi connectivity index (χ1n) is 6.53. The summed E-state index contributed by atoms with van der Waals surface area (Å²) in [6.07, 6.45) is 0. The zero-order valence-electron chi connectivity index (χ0n) is 11.7. The first-order valence-corrected chi connectivity index (χ1v) is 6.53. The molecule has 1 saturated heterocycles. The largest absolute Gasteiger partial charge is 0.465 e. The molecule has 1 aliphatic heterocycles. The van der Waals surface area contributed by atoms with Gasteiger partial charge in [-0.3, -0.25) is 4.79 Å². The number of hydrogen-bond acceptors (Lipinski definition) is 4. The Morgan fingerprint density at radius 1 is 1.29 bits per heavy atom. The molecule has 1 heterocycles. The summed E-state index contributed by atoms with van der Waals surface area (Å²) in [6.45, 7) is 3.11. The van der Waals surface area contributed by atoms with E-state index in [0.29, 0.717) is 19.2 Å². The normalized spacial score (nSPS) is 21.1. The summed E-state index contributed by atoms with van der Waals surface area (Å²) in [5.41, 5.74) is -0.660. The summed E-state index contributed by atoms with van der Waals surface area (Å²) in [5, 5.41) is 5.46. The van der Waals surface area contributed by atoms with Crippen LogP contribution >= 0.6 is 0 Å². The highest BCUT2D eigenvalue weighted by atomic mass is 19.1. The second-order valence-electron chi connectivity index (χ2n) is 5.03. The van der Waals surface area contributed by atoms with Crippen molar-refractivity contribution in [2.45, 2.75) is 6.92 Å². The minimum atomic E-state index is -1.03. The fourth-order valence-electron chi connectivity index (χ4n) is 2.30. The number of carbonyl (C=O) groups excluding carboxylic acids is 2. The average Bonchev–Trinajstić information content (AvgIpc) is 2.87. The van der Waals surface area contributed by atoms with Crippen LogP contribution in [0, 0.1) is 23.5 Å². The molecule has 2 unspecified atom stereocenters. The number of anilines is 1. The van der Waals surface area contributed by atoms with E-state index in [0.717, 1.165) is 13.2 Å². The van der Waals surface area contributed by atoms with Crippen molar-refractivity contribution < 1.29 is 23.1 Å². The predicted molar refractivity (Wildman–Crippen MR) is 71.9 cm³/mol. The lowest BCUT2D eigenvalue weighted by atomic mass is 9.97. The van der Waals surface area contributed by atoms with E-state index in [9.17, 15) is 18.4 Å². The van der Waals surface area contributed by atoms with Gasteiger partial charge in [0.15, 0.2) is 0 Å². The van der Waals surface area contributed by atoms with Crippen molar-refractivity contribution in [1.82, 2.24) is 5.32 Å². The lowest BCUT2D eigenvalue weighted by Gasteiger charge is -2.15. The van der Waals surface area contributed by atoms with E-state index in [4.69, 9.17) is 0 Å². The van der Waals surface area contributed by atoms with Crippen LogP contribution in [0.4, 0.5) is 14.5 Å². The SMILES string of the molecule is COC(=O)c1cc(NC(=O)C2CNCC2C)c(F)cc1F. The van der Waals surface area contributed by atoms with Crippen molar-refractivity contribution in [1.29, 1.82) is 0 Å². The summed E-state index contributed by atoms with van der Waals surface area (Å²) in [4.78, 5) is 23.5. The molecule has 21 heavy (non-hydrogen) atoms. The zero-order valence-corrected chi connectivity index (χ0v) is 11.7. The molecule has 1 aliphatic rings. The van der Waals surface area contributed by atoms with Crippen molar-refractivity contribution in [2.75, 3.05) is 25.5 Å². The molecule has 5 nitrogen and oxygen atoms in total. The molecular formula is C14H16F2N2O3. The molecule has 1 aromatic rings. The molecule has 2 atom stereocenters. The molecule has 1 amide bonds. The molecule has 1 aromatic carbocycles. The summed E-state index contributed by atoms with van der Waals surface area (Å²) >= 11 is 0. The number of nitrogens with one attached hydrogen (secondary N) is 2. The van der Waals surface area contributed by atoms with Gasteiger partial charge < -0.3 is 15.4 Å². The number of rotatable bonds is 3. The summed E-state index contributed by atoms with van der Waals surface area (Å²) in [6, 6.07) is 1.50. The van der Waals surface area contributed by atoms with Crippen LogP contribution in [-0.2, 0) is 9.53 Å². The first kappa shape index (κ1) is 15.4. The van der Waals surface area contributed by atoms with Gasteiger partial charge in [-0.15, -0.1) is 0 Å². The van der Waals surface area contributed by atoms with Crippen LogP contribution in [-0.4, -0.2) is 32.1 Å². The molecule has 0 aliphatic carbocycles. The Bertz CT molecular complexity index is 578. The fraction of sp³-hybridized carbons (Fsp3) is 0.429. The van der Waals surface area contributed by atoms with Gasteiger partial charge in [-0.1, -0.05) is 6.92 Å². The van der Waals surface area contributed by atoms with E-state index in [-0.39, 0.29) is 23.4 Å². The van der Waals surface area contributed by atoms with Crippen LogP contribution in [0.1, 0.15) is 17.3 Å². The van der Waals surface area contributed by atoms with Crippen molar-refractivity contribution in [3.05, 3.63) is 29.3 Å². The van der Waals surface area contributed by atoms with Gasteiger partial charge in [0.25, 0.3) is 0 Å². The highest BCUT2D eigenvalue weighted by Crippen LogP contribution is 2.23. The molecule has 114 valence electrons. The van der Waals surface area contributed by atoms with E-state index in [1.807, 2.05) is 6.92 Å². The number of methoxy groups -OCH3 is 1. The van der Waals surface area contributed by atoms with E-state index in [1.165, 1.54) is 0 Å². The first-order chi connectivity index (χ1) is 9.93. The Kier molecular flexibility index (Phi) is 4.52. The third-order valence-corrected chi connectivity index (χ3v) is 3.57. The van der Waals surface area contributed by atoms with Crippen molar-refractivity contribution >= 4 is 17.6 Å². The quantitative estimate of drug-likeness (QED) is 0.831. The summed E-state index contributed by atoms with van der Waals surface area (Å²) in [7, 11) is 1.09. The van der Waals surface area contributed by atoms with E-state index >= 15 is 0 Å². The van der Waals surface area contributed by atoms with Crippen molar-refractivity contribution in [2.24, 2.45) is 11.8 Å². The highest BCUT2D eigenvalue weighted by molar-refractivity contribution is 5.96. The van der Waals surface area contributed by atoms with E-state index < -0.39 is 23.2 Å². The Morgan fingerprint density at radius 2 is 2.00 bits per heavy atom. The standard InChI is InChI=1S/C14H16F2N2O3/c1-7-5-17-6-9(7)13(19)18-12-3-8(14(20)21-2)10(15)4-11(12)16/h3-4,7,9,17H,5-6H2,1-2H3,(H,18,19). The molecular weight excluding hydrogens is 282 g/mol. The maximum atomic E-state index is 13.7. The molecule has 0 aromatic heterocycles. The Morgan fingerprint density at radius 3 is 2.57 bits per heavy atom. The van der Waals surface area contributed by atoms with Gasteiger partial charge in [0.2, 0.25) is 5.91 Å². The molecule has 2 N–H and O–H groups in total. The maximum Gasteiger partial charge on any atom is 0.340 e. The minimum absolute atomic E-state index is 0.119. The number of amides is 1. The average molecular weight is 298 g/mol. The van der Waals surface area contributed by atoms with Gasteiger partial charge in [-0.25, -0.2) is 13.6 Å². The molecule has 0 spiro atoms. The second-order valence-corrected chi connectivity index (χ2v) is 5.03. The number of ether oxygens (including phenoxy) is 1. The maximum absolute atomic E-state index is 13.7.